The SMILES string of the molecule is Cc1c(C#N)c(O)[nH]c(=O)c1N=Nc1ccc(Sc2nccn2C)cc1. The Balaban J connectivity index is 1.83. The van der Waals surface area contributed by atoms with Gasteiger partial charge < -0.3 is 9.67 Å². The van der Waals surface area contributed by atoms with Gasteiger partial charge in [-0.1, -0.05) is 11.8 Å². The first kappa shape index (κ1) is 17.4. The van der Waals surface area contributed by atoms with E-state index in [0.717, 1.165) is 10.1 Å². The average Bonchev–Trinajstić information content (AvgIpc) is 3.01. The lowest BCUT2D eigenvalue weighted by Gasteiger charge is -2.03. The van der Waals surface area contributed by atoms with Crippen molar-refractivity contribution in [2.75, 3.05) is 0 Å². The molecule has 9 heteroatoms. The number of aryl methyl sites for hydroxylation is 1. The number of hydrogen-bond acceptors (Lipinski definition) is 7. The Bertz CT molecular complexity index is 1080. The van der Waals surface area contributed by atoms with Crippen LogP contribution in [0.1, 0.15) is 11.1 Å². The van der Waals surface area contributed by atoms with Crippen molar-refractivity contribution in [1.29, 1.82) is 5.26 Å². The van der Waals surface area contributed by atoms with Gasteiger partial charge in [0, 0.05) is 29.9 Å². The predicted octanol–water partition coefficient (Wildman–Crippen LogP) is 3.56. The lowest BCUT2D eigenvalue weighted by atomic mass is 10.1. The van der Waals surface area contributed by atoms with E-state index in [2.05, 4.69) is 20.2 Å². The van der Waals surface area contributed by atoms with Crippen LogP contribution < -0.4 is 5.56 Å². The molecule has 0 unspecified atom stereocenters. The van der Waals surface area contributed by atoms with Crippen molar-refractivity contribution in [2.24, 2.45) is 17.3 Å². The molecule has 8 nitrogen and oxygen atoms in total. The van der Waals surface area contributed by atoms with Crippen LogP contribution in [0.25, 0.3) is 0 Å². The number of nitrogens with one attached hydrogen (secondary N) is 1. The molecule has 2 N–H and O–H groups in total. The minimum atomic E-state index is -0.607. The molecule has 0 saturated carbocycles. The molecule has 2 heterocycles. The number of aromatic hydroxyl groups is 1. The second-order valence-corrected chi connectivity index (χ2v) is 6.42. The van der Waals surface area contributed by atoms with Crippen LogP contribution in [0.2, 0.25) is 0 Å². The fourth-order valence-electron chi connectivity index (χ4n) is 2.20. The molecule has 1 aromatic carbocycles. The Kier molecular flexibility index (Phi) is 4.86. The zero-order valence-corrected chi connectivity index (χ0v) is 14.8. The smallest absolute Gasteiger partial charge is 0.278 e. The summed E-state index contributed by atoms with van der Waals surface area (Å²) in [4.78, 5) is 19.3. The number of azo groups is 1. The summed E-state index contributed by atoms with van der Waals surface area (Å²) in [5.41, 5.74) is 0.190. The lowest BCUT2D eigenvalue weighted by Crippen LogP contribution is -2.08. The summed E-state index contributed by atoms with van der Waals surface area (Å²) in [7, 11) is 1.92. The van der Waals surface area contributed by atoms with E-state index in [4.69, 9.17) is 5.26 Å². The highest BCUT2D eigenvalue weighted by Crippen LogP contribution is 2.28. The van der Waals surface area contributed by atoms with Gasteiger partial charge in [0.2, 0.25) is 5.88 Å². The Morgan fingerprint density at radius 2 is 2.04 bits per heavy atom. The van der Waals surface area contributed by atoms with Crippen LogP contribution in [-0.2, 0) is 7.05 Å². The van der Waals surface area contributed by atoms with Gasteiger partial charge >= 0.3 is 0 Å². The van der Waals surface area contributed by atoms with Crippen LogP contribution in [0.15, 0.2) is 61.7 Å². The molecule has 0 radical (unpaired) electrons. The van der Waals surface area contributed by atoms with Crippen LogP contribution in [0.4, 0.5) is 11.4 Å². The normalized spacial score (nSPS) is 11.0. The van der Waals surface area contributed by atoms with Gasteiger partial charge in [-0.05, 0) is 31.2 Å². The van der Waals surface area contributed by atoms with Crippen LogP contribution in [0.5, 0.6) is 5.88 Å². The minimum Gasteiger partial charge on any atom is -0.494 e. The molecular formula is C17H14N6O2S. The molecule has 0 aliphatic rings. The van der Waals surface area contributed by atoms with E-state index in [0.29, 0.717) is 5.69 Å². The van der Waals surface area contributed by atoms with Crippen molar-refractivity contribution in [2.45, 2.75) is 17.0 Å². The zero-order chi connectivity index (χ0) is 18.7. The molecule has 0 fully saturated rings. The number of nitriles is 1. The molecule has 0 amide bonds. The van der Waals surface area contributed by atoms with Crippen molar-refractivity contribution < 1.29 is 5.11 Å². The van der Waals surface area contributed by atoms with E-state index in [-0.39, 0.29) is 16.8 Å². The fraction of sp³-hybridized carbons (Fsp3) is 0.118. The second-order valence-electron chi connectivity index (χ2n) is 5.38. The third kappa shape index (κ3) is 3.50. The van der Waals surface area contributed by atoms with Crippen molar-refractivity contribution >= 4 is 23.1 Å². The van der Waals surface area contributed by atoms with Gasteiger partial charge in [-0.25, -0.2) is 4.98 Å². The molecular weight excluding hydrogens is 352 g/mol. The zero-order valence-electron chi connectivity index (χ0n) is 14.0. The summed E-state index contributed by atoms with van der Waals surface area (Å²) >= 11 is 1.52. The maximum atomic E-state index is 11.9. The Morgan fingerprint density at radius 1 is 1.31 bits per heavy atom. The first-order chi connectivity index (χ1) is 12.5. The van der Waals surface area contributed by atoms with Crippen LogP contribution in [0, 0.1) is 18.3 Å². The molecule has 3 aromatic rings. The molecule has 3 rings (SSSR count). The summed E-state index contributed by atoms with van der Waals surface area (Å²) in [6.07, 6.45) is 3.61. The highest BCUT2D eigenvalue weighted by atomic mass is 32.2. The molecule has 26 heavy (non-hydrogen) atoms. The molecule has 2 aromatic heterocycles. The number of aromatic nitrogens is 3. The van der Waals surface area contributed by atoms with Crippen molar-refractivity contribution in [3.05, 3.63) is 58.1 Å². The Hall–Kier alpha value is -3.38. The van der Waals surface area contributed by atoms with E-state index in [9.17, 15) is 9.90 Å². The third-order valence-corrected chi connectivity index (χ3v) is 4.70. The molecule has 0 aliphatic heterocycles. The standard InChI is InChI=1S/C17H14N6O2S/c1-10-13(9-18)15(24)20-16(25)14(10)22-21-11-3-5-12(6-4-11)26-17-19-7-8-23(17)2/h3-8H,1-2H3,(H2,20,24,25). The molecule has 0 saturated heterocycles. The maximum absolute atomic E-state index is 11.9. The summed E-state index contributed by atoms with van der Waals surface area (Å²) in [6.45, 7) is 1.54. The number of pyridine rings is 1. The fourth-order valence-corrected chi connectivity index (χ4v) is 3.00. The summed E-state index contributed by atoms with van der Waals surface area (Å²) in [6, 6.07) is 9.12. The number of aromatic amines is 1. The number of imidazole rings is 1. The largest absolute Gasteiger partial charge is 0.494 e. The van der Waals surface area contributed by atoms with Crippen molar-refractivity contribution in [3.63, 3.8) is 0 Å². The number of benzene rings is 1. The van der Waals surface area contributed by atoms with Gasteiger partial charge in [-0.15, -0.1) is 5.11 Å². The van der Waals surface area contributed by atoms with Crippen LogP contribution in [-0.4, -0.2) is 19.6 Å². The van der Waals surface area contributed by atoms with Gasteiger partial charge in [-0.2, -0.15) is 10.4 Å². The summed E-state index contributed by atoms with van der Waals surface area (Å²) < 4.78 is 1.92. The predicted molar refractivity (Wildman–Crippen MR) is 96.1 cm³/mol. The topological polar surface area (TPSA) is 119 Å². The number of H-pyrrole nitrogens is 1. The Morgan fingerprint density at radius 3 is 2.65 bits per heavy atom. The Labute approximate surface area is 152 Å². The first-order valence-electron chi connectivity index (χ1n) is 7.52. The van der Waals surface area contributed by atoms with E-state index in [1.165, 1.54) is 18.7 Å². The van der Waals surface area contributed by atoms with Crippen molar-refractivity contribution in [3.8, 4) is 11.9 Å². The maximum Gasteiger partial charge on any atom is 0.278 e. The van der Waals surface area contributed by atoms with E-state index >= 15 is 0 Å². The monoisotopic (exact) mass is 366 g/mol. The highest BCUT2D eigenvalue weighted by Gasteiger charge is 2.13. The average molecular weight is 366 g/mol. The van der Waals surface area contributed by atoms with Gasteiger partial charge in [0.1, 0.15) is 11.6 Å². The summed E-state index contributed by atoms with van der Waals surface area (Å²) in [5, 5.41) is 27.5. The number of nitrogens with zero attached hydrogens (tertiary/aromatic N) is 5. The number of rotatable bonds is 4. The van der Waals surface area contributed by atoms with Gasteiger partial charge in [-0.3, -0.25) is 9.78 Å². The summed E-state index contributed by atoms with van der Waals surface area (Å²) in [5.74, 6) is -0.468. The second kappa shape index (κ2) is 7.25. The molecule has 0 aliphatic carbocycles. The first-order valence-corrected chi connectivity index (χ1v) is 8.34. The molecule has 0 bridgehead atoms. The minimum absolute atomic E-state index is 0.00851. The quantitative estimate of drug-likeness (QED) is 0.684. The van der Waals surface area contributed by atoms with Gasteiger partial charge in [0.05, 0.1) is 5.69 Å². The molecule has 0 spiro atoms. The molecule has 130 valence electrons. The van der Waals surface area contributed by atoms with E-state index in [1.807, 2.05) is 36.0 Å². The molecule has 0 atom stereocenters. The van der Waals surface area contributed by atoms with E-state index in [1.54, 1.807) is 18.3 Å². The third-order valence-electron chi connectivity index (χ3n) is 3.61. The van der Waals surface area contributed by atoms with Gasteiger partial charge in [0.25, 0.3) is 5.56 Å². The van der Waals surface area contributed by atoms with Crippen LogP contribution in [0.3, 0.4) is 0 Å². The highest BCUT2D eigenvalue weighted by molar-refractivity contribution is 7.99. The lowest BCUT2D eigenvalue weighted by molar-refractivity contribution is 0.449. The number of hydrogen-bond donors (Lipinski definition) is 2. The van der Waals surface area contributed by atoms with Gasteiger partial charge in [0.15, 0.2) is 10.8 Å². The van der Waals surface area contributed by atoms with Crippen LogP contribution >= 0.6 is 11.8 Å². The van der Waals surface area contributed by atoms with E-state index < -0.39 is 11.4 Å². The van der Waals surface area contributed by atoms with Crippen molar-refractivity contribution in [1.82, 2.24) is 14.5 Å².